The van der Waals surface area contributed by atoms with Crippen LogP contribution >= 0.6 is 0 Å². The Morgan fingerprint density at radius 2 is 1.68 bits per heavy atom. The molecule has 0 bridgehead atoms. The quantitative estimate of drug-likeness (QED) is 0.638. The summed E-state index contributed by atoms with van der Waals surface area (Å²) in [7, 11) is 0. The second-order valence-electron chi connectivity index (χ2n) is 7.55. The summed E-state index contributed by atoms with van der Waals surface area (Å²) in [5.74, 6) is 1.40. The molecule has 28 heavy (non-hydrogen) atoms. The Balaban J connectivity index is 1.75. The Labute approximate surface area is 165 Å². The number of aromatic nitrogens is 2. The van der Waals surface area contributed by atoms with Crippen molar-refractivity contribution in [2.75, 3.05) is 0 Å². The molecule has 1 atom stereocenters. The van der Waals surface area contributed by atoms with E-state index in [1.165, 1.54) is 0 Å². The van der Waals surface area contributed by atoms with Crippen LogP contribution in [-0.4, -0.2) is 32.6 Å². The number of carbonyl (C=O) groups is 1. The molecule has 6 nitrogen and oxygen atoms in total. The molecule has 0 radical (unpaired) electrons. The summed E-state index contributed by atoms with van der Waals surface area (Å²) >= 11 is 0. The molecule has 0 saturated carbocycles. The van der Waals surface area contributed by atoms with Crippen molar-refractivity contribution in [1.82, 2.24) is 15.0 Å². The molecule has 1 aromatic heterocycles. The van der Waals surface area contributed by atoms with Crippen LogP contribution in [0.25, 0.3) is 11.4 Å². The molecule has 3 rings (SSSR count). The third-order valence-corrected chi connectivity index (χ3v) is 4.27. The van der Waals surface area contributed by atoms with Gasteiger partial charge in [0.25, 0.3) is 5.91 Å². The molecular formula is C22H25N3O3. The lowest BCUT2D eigenvalue weighted by Gasteiger charge is -2.36. The summed E-state index contributed by atoms with van der Waals surface area (Å²) in [5.41, 5.74) is 0.430. The number of hydrogen-bond donors (Lipinski definition) is 0. The third kappa shape index (κ3) is 4.76. The molecule has 0 spiro atoms. The van der Waals surface area contributed by atoms with E-state index < -0.39 is 11.6 Å². The SMILES string of the molecule is C[C@@H](Oc1ccccc1)C(=O)N(Cc1nc(-c2ccccc2)no1)C(C)(C)C. The van der Waals surface area contributed by atoms with E-state index in [1.807, 2.05) is 81.4 Å². The Morgan fingerprint density at radius 1 is 1.07 bits per heavy atom. The van der Waals surface area contributed by atoms with Gasteiger partial charge in [-0.05, 0) is 39.8 Å². The van der Waals surface area contributed by atoms with Gasteiger partial charge >= 0.3 is 0 Å². The number of hydrogen-bond acceptors (Lipinski definition) is 5. The highest BCUT2D eigenvalue weighted by molar-refractivity contribution is 5.81. The molecule has 0 fully saturated rings. The summed E-state index contributed by atoms with van der Waals surface area (Å²) in [6.45, 7) is 7.86. The van der Waals surface area contributed by atoms with Gasteiger partial charge in [0.1, 0.15) is 12.3 Å². The van der Waals surface area contributed by atoms with E-state index in [-0.39, 0.29) is 12.5 Å². The second-order valence-corrected chi connectivity index (χ2v) is 7.55. The fraction of sp³-hybridized carbons (Fsp3) is 0.318. The lowest BCUT2D eigenvalue weighted by Crippen LogP contribution is -2.50. The van der Waals surface area contributed by atoms with E-state index in [9.17, 15) is 4.79 Å². The molecule has 0 saturated heterocycles. The van der Waals surface area contributed by atoms with Gasteiger partial charge in [0.2, 0.25) is 11.7 Å². The number of para-hydroxylation sites is 1. The molecule has 1 heterocycles. The van der Waals surface area contributed by atoms with Crippen molar-refractivity contribution < 1.29 is 14.1 Å². The summed E-state index contributed by atoms with van der Waals surface area (Å²) in [6, 6.07) is 18.9. The summed E-state index contributed by atoms with van der Waals surface area (Å²) in [6.07, 6.45) is -0.641. The largest absolute Gasteiger partial charge is 0.481 e. The monoisotopic (exact) mass is 379 g/mol. The zero-order valence-electron chi connectivity index (χ0n) is 16.6. The predicted octanol–water partition coefficient (Wildman–Crippen LogP) is 4.33. The van der Waals surface area contributed by atoms with Crippen LogP contribution in [0.3, 0.4) is 0 Å². The predicted molar refractivity (Wildman–Crippen MR) is 107 cm³/mol. The smallest absolute Gasteiger partial charge is 0.264 e. The summed E-state index contributed by atoms with van der Waals surface area (Å²) in [5, 5.41) is 4.04. The number of rotatable bonds is 6. The lowest BCUT2D eigenvalue weighted by molar-refractivity contribution is -0.144. The Hall–Kier alpha value is -3.15. The van der Waals surface area contributed by atoms with Crippen LogP contribution in [0.5, 0.6) is 5.75 Å². The summed E-state index contributed by atoms with van der Waals surface area (Å²) < 4.78 is 11.2. The number of carbonyl (C=O) groups excluding carboxylic acids is 1. The maximum atomic E-state index is 13.1. The average molecular weight is 379 g/mol. The van der Waals surface area contributed by atoms with Gasteiger partial charge in [-0.2, -0.15) is 4.98 Å². The van der Waals surface area contributed by atoms with Crippen molar-refractivity contribution >= 4 is 5.91 Å². The molecule has 0 aliphatic rings. The van der Waals surface area contributed by atoms with Gasteiger partial charge in [-0.1, -0.05) is 53.7 Å². The number of nitrogens with zero attached hydrogens (tertiary/aromatic N) is 3. The van der Waals surface area contributed by atoms with Crippen LogP contribution in [-0.2, 0) is 11.3 Å². The first kappa shape index (κ1) is 19.6. The van der Waals surface area contributed by atoms with Crippen LogP contribution in [0.15, 0.2) is 65.2 Å². The van der Waals surface area contributed by atoms with Crippen LogP contribution < -0.4 is 4.74 Å². The number of amides is 1. The molecule has 3 aromatic rings. The van der Waals surface area contributed by atoms with Crippen LogP contribution in [0.1, 0.15) is 33.6 Å². The normalized spacial score (nSPS) is 12.4. The van der Waals surface area contributed by atoms with E-state index >= 15 is 0 Å². The first-order chi connectivity index (χ1) is 13.3. The van der Waals surface area contributed by atoms with E-state index in [4.69, 9.17) is 9.26 Å². The van der Waals surface area contributed by atoms with E-state index in [0.717, 1.165) is 5.56 Å². The van der Waals surface area contributed by atoms with Crippen molar-refractivity contribution in [1.29, 1.82) is 0 Å². The molecule has 6 heteroatoms. The zero-order valence-corrected chi connectivity index (χ0v) is 16.6. The van der Waals surface area contributed by atoms with E-state index in [1.54, 1.807) is 11.8 Å². The third-order valence-electron chi connectivity index (χ3n) is 4.27. The minimum absolute atomic E-state index is 0.143. The molecular weight excluding hydrogens is 354 g/mol. The second kappa shape index (κ2) is 8.25. The highest BCUT2D eigenvalue weighted by Gasteiger charge is 2.32. The minimum Gasteiger partial charge on any atom is -0.481 e. The molecule has 0 aliphatic heterocycles. The van der Waals surface area contributed by atoms with Crippen molar-refractivity contribution in [3.05, 3.63) is 66.6 Å². The molecule has 0 unspecified atom stereocenters. The van der Waals surface area contributed by atoms with Gasteiger partial charge in [0.15, 0.2) is 6.10 Å². The minimum atomic E-state index is -0.641. The van der Waals surface area contributed by atoms with Crippen molar-refractivity contribution in [2.24, 2.45) is 0 Å². The van der Waals surface area contributed by atoms with Crippen molar-refractivity contribution in [3.63, 3.8) is 0 Å². The maximum absolute atomic E-state index is 13.1. The van der Waals surface area contributed by atoms with Crippen molar-refractivity contribution in [2.45, 2.75) is 45.9 Å². The standard InChI is InChI=1S/C22H25N3O3/c1-16(27-18-13-9-6-10-14-18)21(26)25(22(2,3)4)15-19-23-20(24-28-19)17-11-7-5-8-12-17/h5-14,16H,15H2,1-4H3/t16-/m1/s1. The van der Waals surface area contributed by atoms with Crippen molar-refractivity contribution in [3.8, 4) is 17.1 Å². The van der Waals surface area contributed by atoms with Gasteiger partial charge in [0.05, 0.1) is 0 Å². The molecule has 0 aliphatic carbocycles. The summed E-state index contributed by atoms with van der Waals surface area (Å²) in [4.78, 5) is 19.2. The highest BCUT2D eigenvalue weighted by Crippen LogP contribution is 2.22. The van der Waals surface area contributed by atoms with Gasteiger partial charge in [-0.3, -0.25) is 4.79 Å². The topological polar surface area (TPSA) is 68.5 Å². The maximum Gasteiger partial charge on any atom is 0.264 e. The molecule has 1 amide bonds. The first-order valence-electron chi connectivity index (χ1n) is 9.26. The molecule has 0 N–H and O–H groups in total. The van der Waals surface area contributed by atoms with Gasteiger partial charge in [0, 0.05) is 11.1 Å². The van der Waals surface area contributed by atoms with Gasteiger partial charge in [-0.15, -0.1) is 0 Å². The Kier molecular flexibility index (Phi) is 5.78. The Morgan fingerprint density at radius 3 is 2.29 bits per heavy atom. The average Bonchev–Trinajstić information content (AvgIpc) is 3.15. The Bertz CT molecular complexity index is 902. The molecule has 2 aromatic carbocycles. The van der Waals surface area contributed by atoms with Crippen LogP contribution in [0.4, 0.5) is 0 Å². The fourth-order valence-electron chi connectivity index (χ4n) is 2.78. The van der Waals surface area contributed by atoms with E-state index in [0.29, 0.717) is 17.5 Å². The van der Waals surface area contributed by atoms with Gasteiger partial charge in [-0.25, -0.2) is 0 Å². The zero-order chi connectivity index (χ0) is 20.1. The number of ether oxygens (including phenoxy) is 1. The van der Waals surface area contributed by atoms with Gasteiger partial charge < -0.3 is 14.2 Å². The first-order valence-corrected chi connectivity index (χ1v) is 9.26. The highest BCUT2D eigenvalue weighted by atomic mass is 16.5. The fourth-order valence-corrected chi connectivity index (χ4v) is 2.78. The van der Waals surface area contributed by atoms with Crippen LogP contribution in [0, 0.1) is 0 Å². The lowest BCUT2D eigenvalue weighted by atomic mass is 10.0. The molecule has 146 valence electrons. The number of benzene rings is 2. The van der Waals surface area contributed by atoms with E-state index in [2.05, 4.69) is 10.1 Å². The van der Waals surface area contributed by atoms with Crippen LogP contribution in [0.2, 0.25) is 0 Å².